The Morgan fingerprint density at radius 1 is 1.50 bits per heavy atom. The summed E-state index contributed by atoms with van der Waals surface area (Å²) in [6.07, 6.45) is 1.31. The molecule has 0 atom stereocenters. The van der Waals surface area contributed by atoms with Crippen LogP contribution < -0.4 is 0 Å². The van der Waals surface area contributed by atoms with Gasteiger partial charge in [0.1, 0.15) is 0 Å². The van der Waals surface area contributed by atoms with E-state index in [2.05, 4.69) is 0 Å². The molecule has 2 nitrogen and oxygen atoms in total. The molecule has 0 bridgehead atoms. The van der Waals surface area contributed by atoms with Crippen LogP contribution in [0.1, 0.15) is 34.6 Å². The second-order valence-electron chi connectivity index (χ2n) is 3.56. The lowest BCUT2D eigenvalue weighted by Crippen LogP contribution is -2.01. The standard InChI is InChI=1S/C11H16ClNO/c1-8-7-10(9(2)13(8)3)11(14)5-4-6-12/h7H,4-6H2,1-3H3. The number of Topliss-reactive ketones (excluding diaryl/α,β-unsaturated/α-hetero) is 1. The predicted octanol–water partition coefficient (Wildman–Crippen LogP) is 2.84. The van der Waals surface area contributed by atoms with Crippen molar-refractivity contribution in [3.8, 4) is 0 Å². The fraction of sp³-hybridized carbons (Fsp3) is 0.545. The average molecular weight is 214 g/mol. The van der Waals surface area contributed by atoms with Gasteiger partial charge >= 0.3 is 0 Å². The van der Waals surface area contributed by atoms with Gasteiger partial charge in [0.05, 0.1) is 0 Å². The van der Waals surface area contributed by atoms with E-state index in [1.165, 1.54) is 0 Å². The molecule has 0 aliphatic rings. The number of hydrogen-bond acceptors (Lipinski definition) is 1. The zero-order valence-electron chi connectivity index (χ0n) is 8.93. The summed E-state index contributed by atoms with van der Waals surface area (Å²) in [5.74, 6) is 0.753. The number of hydrogen-bond donors (Lipinski definition) is 0. The number of aromatic nitrogens is 1. The van der Waals surface area contributed by atoms with Crippen molar-refractivity contribution in [1.82, 2.24) is 4.57 Å². The molecule has 0 spiro atoms. The molecule has 0 radical (unpaired) electrons. The molecule has 0 saturated heterocycles. The summed E-state index contributed by atoms with van der Waals surface area (Å²) >= 11 is 5.55. The number of alkyl halides is 1. The highest BCUT2D eigenvalue weighted by Crippen LogP contribution is 2.15. The topological polar surface area (TPSA) is 22.0 Å². The Morgan fingerprint density at radius 2 is 2.14 bits per heavy atom. The fourth-order valence-corrected chi connectivity index (χ4v) is 1.63. The van der Waals surface area contributed by atoms with E-state index in [0.717, 1.165) is 23.4 Å². The quantitative estimate of drug-likeness (QED) is 0.557. The number of nitrogens with zero attached hydrogens (tertiary/aromatic N) is 1. The summed E-state index contributed by atoms with van der Waals surface area (Å²) in [6, 6.07) is 1.95. The molecule has 0 aliphatic heterocycles. The second-order valence-corrected chi connectivity index (χ2v) is 3.94. The summed E-state index contributed by atoms with van der Waals surface area (Å²) < 4.78 is 2.04. The normalized spacial score (nSPS) is 10.6. The van der Waals surface area contributed by atoms with Crippen LogP contribution in [-0.4, -0.2) is 16.2 Å². The van der Waals surface area contributed by atoms with Crippen LogP contribution in [0.5, 0.6) is 0 Å². The number of halogens is 1. The van der Waals surface area contributed by atoms with Gasteiger partial charge in [0.2, 0.25) is 0 Å². The van der Waals surface area contributed by atoms with Crippen LogP contribution in [0.15, 0.2) is 6.07 Å². The summed E-state index contributed by atoms with van der Waals surface area (Å²) in [6.45, 7) is 3.98. The molecule has 1 aromatic heterocycles. The van der Waals surface area contributed by atoms with Crippen LogP contribution in [0.4, 0.5) is 0 Å². The lowest BCUT2D eigenvalue weighted by molar-refractivity contribution is 0.0981. The molecular formula is C11H16ClNO. The highest BCUT2D eigenvalue weighted by Gasteiger charge is 2.12. The van der Waals surface area contributed by atoms with Crippen molar-refractivity contribution in [1.29, 1.82) is 0 Å². The van der Waals surface area contributed by atoms with Crippen LogP contribution in [0, 0.1) is 13.8 Å². The maximum Gasteiger partial charge on any atom is 0.164 e. The van der Waals surface area contributed by atoms with E-state index in [4.69, 9.17) is 11.6 Å². The van der Waals surface area contributed by atoms with Crippen LogP contribution in [-0.2, 0) is 7.05 Å². The van der Waals surface area contributed by atoms with Crippen LogP contribution in [0.25, 0.3) is 0 Å². The SMILES string of the molecule is Cc1cc(C(=O)CCCCl)c(C)n1C. The van der Waals surface area contributed by atoms with Gasteiger partial charge in [0, 0.05) is 36.3 Å². The van der Waals surface area contributed by atoms with Gasteiger partial charge in [-0.2, -0.15) is 0 Å². The van der Waals surface area contributed by atoms with Crippen molar-refractivity contribution in [3.63, 3.8) is 0 Å². The minimum atomic E-state index is 0.201. The van der Waals surface area contributed by atoms with Gasteiger partial charge in [-0.15, -0.1) is 11.6 Å². The Morgan fingerprint density at radius 3 is 2.57 bits per heavy atom. The van der Waals surface area contributed by atoms with Gasteiger partial charge in [-0.25, -0.2) is 0 Å². The third-order valence-electron chi connectivity index (χ3n) is 2.61. The average Bonchev–Trinajstić information content (AvgIpc) is 2.42. The summed E-state index contributed by atoms with van der Waals surface area (Å²) in [7, 11) is 1.98. The molecule has 0 fully saturated rings. The van der Waals surface area contributed by atoms with E-state index in [0.29, 0.717) is 12.3 Å². The zero-order valence-corrected chi connectivity index (χ0v) is 9.69. The first kappa shape index (κ1) is 11.3. The largest absolute Gasteiger partial charge is 0.351 e. The summed E-state index contributed by atoms with van der Waals surface area (Å²) in [5, 5.41) is 0. The van der Waals surface area contributed by atoms with E-state index in [-0.39, 0.29) is 5.78 Å². The smallest absolute Gasteiger partial charge is 0.164 e. The van der Waals surface area contributed by atoms with E-state index < -0.39 is 0 Å². The molecule has 0 aromatic carbocycles. The van der Waals surface area contributed by atoms with Gasteiger partial charge in [-0.1, -0.05) is 0 Å². The van der Waals surface area contributed by atoms with Crippen LogP contribution in [0.3, 0.4) is 0 Å². The van der Waals surface area contributed by atoms with E-state index >= 15 is 0 Å². The Hall–Kier alpha value is -0.760. The third-order valence-corrected chi connectivity index (χ3v) is 2.88. The molecule has 1 aromatic rings. The van der Waals surface area contributed by atoms with E-state index in [1.807, 2.05) is 31.5 Å². The number of carbonyl (C=O) groups excluding carboxylic acids is 1. The van der Waals surface area contributed by atoms with Crippen LogP contribution in [0.2, 0.25) is 0 Å². The first-order chi connectivity index (χ1) is 6.57. The Bertz CT molecular complexity index is 341. The first-order valence-corrected chi connectivity index (χ1v) is 5.33. The Kier molecular flexibility index (Phi) is 3.76. The van der Waals surface area contributed by atoms with Crippen molar-refractivity contribution < 1.29 is 4.79 Å². The first-order valence-electron chi connectivity index (χ1n) is 4.80. The monoisotopic (exact) mass is 213 g/mol. The van der Waals surface area contributed by atoms with E-state index in [1.54, 1.807) is 0 Å². The van der Waals surface area contributed by atoms with Gasteiger partial charge in [0.15, 0.2) is 5.78 Å². The van der Waals surface area contributed by atoms with E-state index in [9.17, 15) is 4.79 Å². The molecular weight excluding hydrogens is 198 g/mol. The molecule has 78 valence electrons. The number of rotatable bonds is 4. The highest BCUT2D eigenvalue weighted by atomic mass is 35.5. The molecule has 0 saturated carbocycles. The maximum atomic E-state index is 11.7. The van der Waals surface area contributed by atoms with Crippen molar-refractivity contribution >= 4 is 17.4 Å². The summed E-state index contributed by atoms with van der Waals surface area (Å²) in [4.78, 5) is 11.7. The van der Waals surface area contributed by atoms with Crippen molar-refractivity contribution in [2.75, 3.05) is 5.88 Å². The lowest BCUT2D eigenvalue weighted by atomic mass is 10.1. The highest BCUT2D eigenvalue weighted by molar-refractivity contribution is 6.18. The predicted molar refractivity (Wildman–Crippen MR) is 59.2 cm³/mol. The molecule has 1 rings (SSSR count). The minimum Gasteiger partial charge on any atom is -0.351 e. The Labute approximate surface area is 89.9 Å². The van der Waals surface area contributed by atoms with Gasteiger partial charge in [0.25, 0.3) is 0 Å². The van der Waals surface area contributed by atoms with Crippen molar-refractivity contribution in [3.05, 3.63) is 23.0 Å². The van der Waals surface area contributed by atoms with Crippen molar-refractivity contribution in [2.45, 2.75) is 26.7 Å². The second kappa shape index (κ2) is 4.65. The number of carbonyl (C=O) groups is 1. The number of aryl methyl sites for hydroxylation is 1. The van der Waals surface area contributed by atoms with Crippen LogP contribution >= 0.6 is 11.6 Å². The maximum absolute atomic E-state index is 11.7. The number of ketones is 1. The Balaban J connectivity index is 2.85. The molecule has 1 heterocycles. The van der Waals surface area contributed by atoms with Crippen molar-refractivity contribution in [2.24, 2.45) is 7.05 Å². The molecule has 3 heteroatoms. The molecule has 0 unspecified atom stereocenters. The van der Waals surface area contributed by atoms with Gasteiger partial charge < -0.3 is 4.57 Å². The fourth-order valence-electron chi connectivity index (χ4n) is 1.50. The zero-order chi connectivity index (χ0) is 10.7. The lowest BCUT2D eigenvalue weighted by Gasteiger charge is -2.01. The molecule has 0 aliphatic carbocycles. The molecule has 0 amide bonds. The summed E-state index contributed by atoms with van der Waals surface area (Å²) in [5.41, 5.74) is 3.01. The van der Waals surface area contributed by atoms with Gasteiger partial charge in [-0.3, -0.25) is 4.79 Å². The van der Waals surface area contributed by atoms with Gasteiger partial charge in [-0.05, 0) is 26.3 Å². The third kappa shape index (κ3) is 2.18. The minimum absolute atomic E-state index is 0.201. The molecule has 14 heavy (non-hydrogen) atoms. The molecule has 0 N–H and O–H groups in total.